The largest absolute Gasteiger partial charge is 0.351 e. The average molecular weight is 200 g/mol. The number of nitrogens with one attached hydrogen (secondary N) is 1. The summed E-state index contributed by atoms with van der Waals surface area (Å²) in [5.41, 5.74) is 4.36. The maximum absolute atomic E-state index is 3.50. The summed E-state index contributed by atoms with van der Waals surface area (Å²) in [6, 6.07) is 7.25. The maximum Gasteiger partial charge on any atom is 0.0480 e. The van der Waals surface area contributed by atoms with Gasteiger partial charge in [-0.2, -0.15) is 0 Å². The van der Waals surface area contributed by atoms with Crippen molar-refractivity contribution in [3.05, 3.63) is 35.5 Å². The number of hydrogen-bond acceptors (Lipinski definition) is 1. The van der Waals surface area contributed by atoms with Crippen molar-refractivity contribution in [1.82, 2.24) is 9.88 Å². The van der Waals surface area contributed by atoms with Crippen LogP contribution >= 0.6 is 0 Å². The summed E-state index contributed by atoms with van der Waals surface area (Å²) < 4.78 is 2.20. The van der Waals surface area contributed by atoms with Crippen LogP contribution in [0, 0.1) is 0 Å². The van der Waals surface area contributed by atoms with Crippen LogP contribution in [0.5, 0.6) is 0 Å². The molecule has 2 heterocycles. The van der Waals surface area contributed by atoms with Gasteiger partial charge in [-0.25, -0.2) is 0 Å². The van der Waals surface area contributed by atoms with Gasteiger partial charge in [0.2, 0.25) is 0 Å². The van der Waals surface area contributed by atoms with Crippen molar-refractivity contribution in [1.29, 1.82) is 0 Å². The van der Waals surface area contributed by atoms with E-state index in [2.05, 4.69) is 48.3 Å². The van der Waals surface area contributed by atoms with E-state index < -0.39 is 0 Å². The van der Waals surface area contributed by atoms with E-state index in [1.165, 1.54) is 16.5 Å². The average Bonchev–Trinajstić information content (AvgIpc) is 2.61. The molecular formula is C13H16N2. The Morgan fingerprint density at radius 3 is 3.07 bits per heavy atom. The van der Waals surface area contributed by atoms with Crippen LogP contribution in [0.1, 0.15) is 24.1 Å². The van der Waals surface area contributed by atoms with Crippen molar-refractivity contribution < 1.29 is 0 Å². The van der Waals surface area contributed by atoms with Gasteiger partial charge in [-0.1, -0.05) is 6.07 Å². The molecule has 1 aliphatic rings. The third-order valence-corrected chi connectivity index (χ3v) is 3.51. The molecule has 0 radical (unpaired) electrons. The van der Waals surface area contributed by atoms with Crippen LogP contribution in [0.3, 0.4) is 0 Å². The summed E-state index contributed by atoms with van der Waals surface area (Å²) in [6.07, 6.45) is 3.30. The molecule has 0 aliphatic carbocycles. The summed E-state index contributed by atoms with van der Waals surface area (Å²) in [5, 5.41) is 4.94. The first-order chi connectivity index (χ1) is 7.27. The Bertz CT molecular complexity index is 510. The molecule has 1 unspecified atom stereocenters. The quantitative estimate of drug-likeness (QED) is 0.691. The van der Waals surface area contributed by atoms with Gasteiger partial charge in [0.25, 0.3) is 0 Å². The molecular weight excluding hydrogens is 184 g/mol. The number of aromatic nitrogens is 1. The van der Waals surface area contributed by atoms with E-state index in [0.29, 0.717) is 6.04 Å². The lowest BCUT2D eigenvalue weighted by atomic mass is 9.92. The zero-order chi connectivity index (χ0) is 10.4. The molecule has 1 N–H and O–H groups in total. The van der Waals surface area contributed by atoms with Gasteiger partial charge < -0.3 is 9.88 Å². The molecule has 0 amide bonds. The van der Waals surface area contributed by atoms with Crippen molar-refractivity contribution >= 4 is 10.9 Å². The Kier molecular flexibility index (Phi) is 1.86. The Labute approximate surface area is 89.9 Å². The molecule has 0 saturated carbocycles. The summed E-state index contributed by atoms with van der Waals surface area (Å²) in [7, 11) is 2.11. The van der Waals surface area contributed by atoms with E-state index in [9.17, 15) is 0 Å². The third-order valence-electron chi connectivity index (χ3n) is 3.51. The molecule has 2 heteroatoms. The number of nitrogens with zero attached hydrogens (tertiary/aromatic N) is 1. The molecule has 2 nitrogen and oxygen atoms in total. The molecule has 0 spiro atoms. The fourth-order valence-electron chi connectivity index (χ4n) is 2.64. The summed E-state index contributed by atoms with van der Waals surface area (Å²) in [4.78, 5) is 0. The molecule has 15 heavy (non-hydrogen) atoms. The number of rotatable bonds is 0. The monoisotopic (exact) mass is 200 g/mol. The van der Waals surface area contributed by atoms with Gasteiger partial charge in [0, 0.05) is 30.2 Å². The van der Waals surface area contributed by atoms with Crippen LogP contribution in [-0.2, 0) is 13.5 Å². The molecule has 0 bridgehead atoms. The first-order valence-corrected chi connectivity index (χ1v) is 5.57. The van der Waals surface area contributed by atoms with Crippen LogP contribution < -0.4 is 5.32 Å². The van der Waals surface area contributed by atoms with E-state index in [4.69, 9.17) is 0 Å². The number of fused-ring (bicyclic) bond motifs is 3. The fourth-order valence-corrected chi connectivity index (χ4v) is 2.64. The standard InChI is InChI=1S/C13H16N2/c1-9-10-3-4-13-12(6-8-15(13)2)11(10)5-7-14-9/h3-4,6,8-9,14H,5,7H2,1-2H3. The Morgan fingerprint density at radius 2 is 2.20 bits per heavy atom. The van der Waals surface area contributed by atoms with Gasteiger partial charge in [-0.3, -0.25) is 0 Å². The van der Waals surface area contributed by atoms with Gasteiger partial charge in [-0.05, 0) is 43.1 Å². The Balaban J connectivity index is 2.33. The summed E-state index contributed by atoms with van der Waals surface area (Å²) in [5.74, 6) is 0. The number of aryl methyl sites for hydroxylation is 1. The minimum atomic E-state index is 0.498. The van der Waals surface area contributed by atoms with Gasteiger partial charge in [0.05, 0.1) is 0 Å². The van der Waals surface area contributed by atoms with Gasteiger partial charge in [-0.15, -0.1) is 0 Å². The smallest absolute Gasteiger partial charge is 0.0480 e. The van der Waals surface area contributed by atoms with Crippen molar-refractivity contribution in [2.24, 2.45) is 7.05 Å². The minimum Gasteiger partial charge on any atom is -0.351 e. The third kappa shape index (κ3) is 1.21. The molecule has 1 aromatic carbocycles. The zero-order valence-electron chi connectivity index (χ0n) is 9.25. The van der Waals surface area contributed by atoms with Crippen LogP contribution in [0.15, 0.2) is 24.4 Å². The Morgan fingerprint density at radius 1 is 1.33 bits per heavy atom. The highest BCUT2D eigenvalue weighted by Crippen LogP contribution is 2.29. The first kappa shape index (κ1) is 8.98. The van der Waals surface area contributed by atoms with Gasteiger partial charge in [0.1, 0.15) is 0 Å². The van der Waals surface area contributed by atoms with E-state index >= 15 is 0 Å². The maximum atomic E-state index is 3.50. The second-order valence-corrected chi connectivity index (χ2v) is 4.42. The molecule has 0 saturated heterocycles. The van der Waals surface area contributed by atoms with Gasteiger partial charge >= 0.3 is 0 Å². The highest BCUT2D eigenvalue weighted by Gasteiger charge is 2.18. The lowest BCUT2D eigenvalue weighted by Crippen LogP contribution is -2.27. The predicted molar refractivity (Wildman–Crippen MR) is 63.0 cm³/mol. The number of hydrogen-bond donors (Lipinski definition) is 1. The van der Waals surface area contributed by atoms with Crippen LogP contribution in [0.4, 0.5) is 0 Å². The lowest BCUT2D eigenvalue weighted by Gasteiger charge is -2.24. The van der Waals surface area contributed by atoms with Crippen molar-refractivity contribution in [2.45, 2.75) is 19.4 Å². The second kappa shape index (κ2) is 3.11. The molecule has 1 aliphatic heterocycles. The van der Waals surface area contributed by atoms with E-state index in [1.807, 2.05) is 0 Å². The molecule has 78 valence electrons. The molecule has 1 atom stereocenters. The SMILES string of the molecule is CC1NCCc2c1ccc1c2ccn1C. The first-order valence-electron chi connectivity index (χ1n) is 5.57. The minimum absolute atomic E-state index is 0.498. The van der Waals surface area contributed by atoms with E-state index in [0.717, 1.165) is 13.0 Å². The molecule has 3 rings (SSSR count). The highest BCUT2D eigenvalue weighted by molar-refractivity contribution is 5.85. The van der Waals surface area contributed by atoms with Crippen LogP contribution in [0.25, 0.3) is 10.9 Å². The van der Waals surface area contributed by atoms with Gasteiger partial charge in [0.15, 0.2) is 0 Å². The lowest BCUT2D eigenvalue weighted by molar-refractivity contribution is 0.543. The molecule has 1 aromatic heterocycles. The topological polar surface area (TPSA) is 17.0 Å². The van der Waals surface area contributed by atoms with E-state index in [-0.39, 0.29) is 0 Å². The van der Waals surface area contributed by atoms with Crippen LogP contribution in [0.2, 0.25) is 0 Å². The highest BCUT2D eigenvalue weighted by atomic mass is 14.9. The zero-order valence-corrected chi connectivity index (χ0v) is 9.25. The molecule has 0 fully saturated rings. The molecule has 2 aromatic rings. The van der Waals surface area contributed by atoms with Crippen molar-refractivity contribution in [3.63, 3.8) is 0 Å². The van der Waals surface area contributed by atoms with Crippen molar-refractivity contribution in [2.75, 3.05) is 6.54 Å². The summed E-state index contributed by atoms with van der Waals surface area (Å²) in [6.45, 7) is 3.34. The number of benzene rings is 1. The fraction of sp³-hybridized carbons (Fsp3) is 0.385. The normalized spacial score (nSPS) is 20.5. The summed E-state index contributed by atoms with van der Waals surface area (Å²) >= 11 is 0. The second-order valence-electron chi connectivity index (χ2n) is 4.42. The Hall–Kier alpha value is -1.28. The van der Waals surface area contributed by atoms with E-state index in [1.54, 1.807) is 5.56 Å². The van der Waals surface area contributed by atoms with Crippen molar-refractivity contribution in [3.8, 4) is 0 Å². The predicted octanol–water partition coefficient (Wildman–Crippen LogP) is 2.39. The van der Waals surface area contributed by atoms with Crippen LogP contribution in [-0.4, -0.2) is 11.1 Å².